The molecule has 0 saturated carbocycles. The Morgan fingerprint density at radius 1 is 1.00 bits per heavy atom. The van der Waals surface area contributed by atoms with Crippen LogP contribution in [0.4, 0.5) is 0 Å². The monoisotopic (exact) mass is 385 g/mol. The van der Waals surface area contributed by atoms with E-state index in [4.69, 9.17) is 0 Å². The van der Waals surface area contributed by atoms with E-state index in [1.165, 1.54) is 19.3 Å². The zero-order valence-corrected chi connectivity index (χ0v) is 17.1. The molecule has 3 rings (SSSR count). The first kappa shape index (κ1) is 20.5. The minimum Gasteiger partial charge on any atom is -0.353 e. The molecule has 6 heteroatoms. The number of likely N-dealkylation sites (tertiary alicyclic amines) is 1. The van der Waals surface area contributed by atoms with Crippen LogP contribution in [0.25, 0.3) is 0 Å². The highest BCUT2D eigenvalue weighted by Gasteiger charge is 2.42. The minimum absolute atomic E-state index is 0.180. The standard InChI is InChI=1S/C22H31N3O3/c1-15(2)13-19(20(26)23-14-16(3)24-11-7-4-8-12-24)25-21(27)17-9-5-6-10-18(17)22(25)28/h5-6,9-10,15-16,19H,4,7-8,11-14H2,1-3H3,(H,23,26). The lowest BCUT2D eigenvalue weighted by atomic mass is 10.0. The molecule has 0 aromatic heterocycles. The SMILES string of the molecule is CC(C)CC(C(=O)NCC(C)N1CCCCC1)N1C(=O)c2ccccc2C1=O. The second kappa shape index (κ2) is 8.86. The number of carbonyl (C=O) groups excluding carboxylic acids is 3. The predicted octanol–water partition coefficient (Wildman–Crippen LogP) is 2.69. The van der Waals surface area contributed by atoms with Crippen molar-refractivity contribution in [1.82, 2.24) is 15.1 Å². The van der Waals surface area contributed by atoms with Crippen molar-refractivity contribution in [3.8, 4) is 0 Å². The molecule has 2 unspecified atom stereocenters. The van der Waals surface area contributed by atoms with Crippen LogP contribution in [0.15, 0.2) is 24.3 Å². The van der Waals surface area contributed by atoms with E-state index in [0.717, 1.165) is 18.0 Å². The summed E-state index contributed by atoms with van der Waals surface area (Å²) in [6, 6.07) is 6.25. The smallest absolute Gasteiger partial charge is 0.262 e. The van der Waals surface area contributed by atoms with Crippen LogP contribution in [0.2, 0.25) is 0 Å². The van der Waals surface area contributed by atoms with Gasteiger partial charge < -0.3 is 5.32 Å². The van der Waals surface area contributed by atoms with Crippen LogP contribution in [-0.4, -0.2) is 59.2 Å². The van der Waals surface area contributed by atoms with Crippen LogP contribution < -0.4 is 5.32 Å². The maximum Gasteiger partial charge on any atom is 0.262 e. The van der Waals surface area contributed by atoms with Crippen molar-refractivity contribution < 1.29 is 14.4 Å². The van der Waals surface area contributed by atoms with Gasteiger partial charge in [0.05, 0.1) is 11.1 Å². The highest BCUT2D eigenvalue weighted by atomic mass is 16.2. The molecule has 1 saturated heterocycles. The first-order valence-electron chi connectivity index (χ1n) is 10.4. The Balaban J connectivity index is 1.70. The summed E-state index contributed by atoms with van der Waals surface area (Å²) in [6.45, 7) is 8.75. The van der Waals surface area contributed by atoms with E-state index in [2.05, 4.69) is 17.1 Å². The molecule has 1 N–H and O–H groups in total. The van der Waals surface area contributed by atoms with E-state index in [0.29, 0.717) is 24.1 Å². The van der Waals surface area contributed by atoms with Crippen molar-refractivity contribution in [1.29, 1.82) is 0 Å². The number of amides is 3. The average molecular weight is 386 g/mol. The number of nitrogens with zero attached hydrogens (tertiary/aromatic N) is 2. The van der Waals surface area contributed by atoms with Crippen molar-refractivity contribution in [2.24, 2.45) is 5.92 Å². The lowest BCUT2D eigenvalue weighted by molar-refractivity contribution is -0.125. The van der Waals surface area contributed by atoms with Gasteiger partial charge in [0.15, 0.2) is 0 Å². The lowest BCUT2D eigenvalue weighted by Gasteiger charge is -2.33. The summed E-state index contributed by atoms with van der Waals surface area (Å²) in [6.07, 6.45) is 4.12. The van der Waals surface area contributed by atoms with Gasteiger partial charge in [-0.3, -0.25) is 24.2 Å². The predicted molar refractivity (Wildman–Crippen MR) is 108 cm³/mol. The second-order valence-electron chi connectivity index (χ2n) is 8.36. The molecule has 3 amide bonds. The van der Waals surface area contributed by atoms with Crippen LogP contribution in [0, 0.1) is 5.92 Å². The van der Waals surface area contributed by atoms with Gasteiger partial charge in [0.25, 0.3) is 11.8 Å². The second-order valence-corrected chi connectivity index (χ2v) is 8.36. The molecule has 6 nitrogen and oxygen atoms in total. The number of imide groups is 1. The van der Waals surface area contributed by atoms with Gasteiger partial charge in [-0.2, -0.15) is 0 Å². The Labute approximate surface area is 167 Å². The summed E-state index contributed by atoms with van der Waals surface area (Å²) in [5, 5.41) is 3.00. The molecule has 1 fully saturated rings. The van der Waals surface area contributed by atoms with Crippen molar-refractivity contribution in [2.45, 2.75) is 58.5 Å². The van der Waals surface area contributed by atoms with Gasteiger partial charge in [-0.25, -0.2) is 0 Å². The molecule has 0 radical (unpaired) electrons. The fraction of sp³-hybridized carbons (Fsp3) is 0.591. The number of nitrogens with one attached hydrogen (secondary N) is 1. The van der Waals surface area contributed by atoms with Crippen LogP contribution in [0.1, 0.15) is 67.2 Å². The van der Waals surface area contributed by atoms with Gasteiger partial charge in [0, 0.05) is 12.6 Å². The number of benzene rings is 1. The molecular weight excluding hydrogens is 354 g/mol. The molecule has 1 aromatic carbocycles. The molecule has 2 aliphatic rings. The molecule has 2 atom stereocenters. The topological polar surface area (TPSA) is 69.7 Å². The first-order valence-corrected chi connectivity index (χ1v) is 10.4. The van der Waals surface area contributed by atoms with Crippen LogP contribution in [-0.2, 0) is 4.79 Å². The third-order valence-electron chi connectivity index (χ3n) is 5.72. The van der Waals surface area contributed by atoms with Gasteiger partial charge in [-0.1, -0.05) is 32.4 Å². The molecular formula is C22H31N3O3. The number of carbonyl (C=O) groups is 3. The highest BCUT2D eigenvalue weighted by Crippen LogP contribution is 2.27. The van der Waals surface area contributed by atoms with E-state index in [9.17, 15) is 14.4 Å². The summed E-state index contributed by atoms with van der Waals surface area (Å²) in [5.74, 6) is -0.803. The summed E-state index contributed by atoms with van der Waals surface area (Å²) in [4.78, 5) is 42.2. The average Bonchev–Trinajstić information content (AvgIpc) is 2.95. The maximum atomic E-state index is 13.0. The zero-order chi connectivity index (χ0) is 20.3. The molecule has 152 valence electrons. The third kappa shape index (κ3) is 4.27. The van der Waals surface area contributed by atoms with Gasteiger partial charge in [-0.15, -0.1) is 0 Å². The summed E-state index contributed by atoms with van der Waals surface area (Å²) in [7, 11) is 0. The zero-order valence-electron chi connectivity index (χ0n) is 17.1. The molecule has 0 aliphatic carbocycles. The maximum absolute atomic E-state index is 13.0. The molecule has 1 aromatic rings. The summed E-state index contributed by atoms with van der Waals surface area (Å²) >= 11 is 0. The Morgan fingerprint density at radius 3 is 2.11 bits per heavy atom. The van der Waals surface area contributed by atoms with Crippen molar-refractivity contribution >= 4 is 17.7 Å². The van der Waals surface area contributed by atoms with Crippen LogP contribution in [0.3, 0.4) is 0 Å². The number of hydrogen-bond acceptors (Lipinski definition) is 4. The Hall–Kier alpha value is -2.21. The van der Waals surface area contributed by atoms with Crippen molar-refractivity contribution in [3.05, 3.63) is 35.4 Å². The fourth-order valence-corrected chi connectivity index (χ4v) is 4.12. The molecule has 28 heavy (non-hydrogen) atoms. The molecule has 2 aliphatic heterocycles. The number of fused-ring (bicyclic) bond motifs is 1. The van der Waals surface area contributed by atoms with E-state index in [1.807, 2.05) is 13.8 Å². The van der Waals surface area contributed by atoms with Gasteiger partial charge in [0.1, 0.15) is 6.04 Å². The molecule has 2 heterocycles. The Kier molecular flexibility index (Phi) is 6.50. The van der Waals surface area contributed by atoms with Gasteiger partial charge >= 0.3 is 0 Å². The van der Waals surface area contributed by atoms with Crippen molar-refractivity contribution in [2.75, 3.05) is 19.6 Å². The van der Waals surface area contributed by atoms with Crippen LogP contribution in [0.5, 0.6) is 0 Å². The molecule has 0 spiro atoms. The van der Waals surface area contributed by atoms with Crippen LogP contribution >= 0.6 is 0 Å². The highest BCUT2D eigenvalue weighted by molar-refractivity contribution is 6.22. The lowest BCUT2D eigenvalue weighted by Crippen LogP contribution is -2.52. The van der Waals surface area contributed by atoms with E-state index < -0.39 is 6.04 Å². The van der Waals surface area contributed by atoms with Gasteiger partial charge in [-0.05, 0) is 57.3 Å². The van der Waals surface area contributed by atoms with Crippen molar-refractivity contribution in [3.63, 3.8) is 0 Å². The van der Waals surface area contributed by atoms with E-state index >= 15 is 0 Å². The number of hydrogen-bond donors (Lipinski definition) is 1. The largest absolute Gasteiger partial charge is 0.353 e. The Morgan fingerprint density at radius 2 is 1.57 bits per heavy atom. The molecule has 0 bridgehead atoms. The van der Waals surface area contributed by atoms with Gasteiger partial charge in [0.2, 0.25) is 5.91 Å². The fourth-order valence-electron chi connectivity index (χ4n) is 4.12. The third-order valence-corrected chi connectivity index (χ3v) is 5.72. The Bertz CT molecular complexity index is 705. The van der Waals surface area contributed by atoms with E-state index in [-0.39, 0.29) is 29.7 Å². The first-order chi connectivity index (χ1) is 13.4. The minimum atomic E-state index is -0.777. The number of rotatable bonds is 7. The quantitative estimate of drug-likeness (QED) is 0.733. The summed E-state index contributed by atoms with van der Waals surface area (Å²) < 4.78 is 0. The summed E-state index contributed by atoms with van der Waals surface area (Å²) in [5.41, 5.74) is 0.770. The van der Waals surface area contributed by atoms with E-state index in [1.54, 1.807) is 24.3 Å². The number of piperidine rings is 1. The normalized spacial score (nSPS) is 19.6.